The Morgan fingerprint density at radius 1 is 1.39 bits per heavy atom. The molecule has 0 aliphatic carbocycles. The Hall–Kier alpha value is -1.79. The van der Waals surface area contributed by atoms with Crippen molar-refractivity contribution in [3.8, 4) is 6.07 Å². The summed E-state index contributed by atoms with van der Waals surface area (Å²) in [4.78, 5) is 0. The van der Waals surface area contributed by atoms with E-state index in [0.29, 0.717) is 6.42 Å². The molecule has 2 aromatic rings. The van der Waals surface area contributed by atoms with Gasteiger partial charge in [0.15, 0.2) is 0 Å². The molecule has 18 heavy (non-hydrogen) atoms. The largest absolute Gasteiger partial charge is 0.347 e. The first-order valence-corrected chi connectivity index (χ1v) is 6.41. The molecular formula is C15H19N3. The van der Waals surface area contributed by atoms with Gasteiger partial charge >= 0.3 is 0 Å². The lowest BCUT2D eigenvalue weighted by molar-refractivity contribution is 0.673. The van der Waals surface area contributed by atoms with Gasteiger partial charge in [-0.05, 0) is 42.8 Å². The molecule has 2 rings (SSSR count). The quantitative estimate of drug-likeness (QED) is 0.818. The van der Waals surface area contributed by atoms with Gasteiger partial charge < -0.3 is 10.3 Å². The molecule has 0 spiro atoms. The Bertz CT molecular complexity index is 561. The molecule has 0 aliphatic heterocycles. The average Bonchev–Trinajstić information content (AvgIpc) is 2.72. The van der Waals surface area contributed by atoms with Crippen molar-refractivity contribution in [3.05, 3.63) is 36.0 Å². The molecule has 1 aromatic heterocycles. The Labute approximate surface area is 108 Å². The second kappa shape index (κ2) is 5.70. The van der Waals surface area contributed by atoms with Crippen molar-refractivity contribution in [2.45, 2.75) is 38.8 Å². The van der Waals surface area contributed by atoms with Crippen LogP contribution in [0.25, 0.3) is 10.9 Å². The second-order valence-corrected chi connectivity index (χ2v) is 4.85. The standard InChI is InChI=1S/C15H19N3/c1-12(17)10-13-4-5-14-6-9-18(15(14)11-13)8-3-2-7-16/h4-6,9,11-12H,2-3,8,10,17H2,1H3. The fourth-order valence-electron chi connectivity index (χ4n) is 2.25. The van der Waals surface area contributed by atoms with E-state index in [0.717, 1.165) is 19.4 Å². The summed E-state index contributed by atoms with van der Waals surface area (Å²) in [6, 6.07) is 11.0. The molecule has 0 aliphatic rings. The number of unbranched alkanes of at least 4 members (excludes halogenated alkanes) is 1. The maximum atomic E-state index is 8.58. The minimum Gasteiger partial charge on any atom is -0.347 e. The lowest BCUT2D eigenvalue weighted by atomic mass is 10.1. The highest BCUT2D eigenvalue weighted by atomic mass is 14.9. The Morgan fingerprint density at radius 3 is 2.94 bits per heavy atom. The van der Waals surface area contributed by atoms with E-state index in [-0.39, 0.29) is 6.04 Å². The summed E-state index contributed by atoms with van der Waals surface area (Å²) in [7, 11) is 0. The topological polar surface area (TPSA) is 54.7 Å². The minimum absolute atomic E-state index is 0.185. The Morgan fingerprint density at radius 2 is 2.22 bits per heavy atom. The van der Waals surface area contributed by atoms with Gasteiger partial charge in [0.05, 0.1) is 6.07 Å². The monoisotopic (exact) mass is 241 g/mol. The predicted octanol–water partition coefficient (Wildman–Crippen LogP) is 2.83. The molecule has 3 nitrogen and oxygen atoms in total. The molecule has 0 bridgehead atoms. The van der Waals surface area contributed by atoms with E-state index in [9.17, 15) is 0 Å². The fraction of sp³-hybridized carbons (Fsp3) is 0.400. The first-order valence-electron chi connectivity index (χ1n) is 6.41. The lowest BCUT2D eigenvalue weighted by Crippen LogP contribution is -2.17. The highest BCUT2D eigenvalue weighted by Crippen LogP contribution is 2.19. The molecule has 0 fully saturated rings. The van der Waals surface area contributed by atoms with E-state index >= 15 is 0 Å². The third-order valence-corrected chi connectivity index (χ3v) is 3.08. The third kappa shape index (κ3) is 2.91. The molecule has 1 unspecified atom stereocenters. The van der Waals surface area contributed by atoms with Crippen LogP contribution in [0.1, 0.15) is 25.3 Å². The van der Waals surface area contributed by atoms with Crippen LogP contribution in [0, 0.1) is 11.3 Å². The van der Waals surface area contributed by atoms with E-state index in [1.54, 1.807) is 0 Å². The molecule has 0 saturated carbocycles. The summed E-state index contributed by atoms with van der Waals surface area (Å²) >= 11 is 0. The minimum atomic E-state index is 0.185. The molecule has 1 atom stereocenters. The number of hydrogen-bond donors (Lipinski definition) is 1. The number of nitrogens with zero attached hydrogens (tertiary/aromatic N) is 2. The van der Waals surface area contributed by atoms with E-state index in [2.05, 4.69) is 41.1 Å². The van der Waals surface area contributed by atoms with Gasteiger partial charge in [-0.15, -0.1) is 0 Å². The smallest absolute Gasteiger partial charge is 0.0622 e. The van der Waals surface area contributed by atoms with Crippen LogP contribution in [0.4, 0.5) is 0 Å². The summed E-state index contributed by atoms with van der Waals surface area (Å²) in [6.07, 6.45) is 4.51. The number of nitriles is 1. The van der Waals surface area contributed by atoms with Crippen LogP contribution in [0.2, 0.25) is 0 Å². The SMILES string of the molecule is CC(N)Cc1ccc2ccn(CCCC#N)c2c1. The number of aromatic nitrogens is 1. The van der Waals surface area contributed by atoms with Gasteiger partial charge in [-0.3, -0.25) is 0 Å². The summed E-state index contributed by atoms with van der Waals surface area (Å²) in [5.74, 6) is 0. The van der Waals surface area contributed by atoms with Crippen molar-refractivity contribution >= 4 is 10.9 Å². The number of benzene rings is 1. The Balaban J connectivity index is 2.23. The average molecular weight is 241 g/mol. The highest BCUT2D eigenvalue weighted by Gasteiger charge is 2.04. The van der Waals surface area contributed by atoms with Crippen molar-refractivity contribution in [2.24, 2.45) is 5.73 Å². The van der Waals surface area contributed by atoms with Crippen LogP contribution in [0.3, 0.4) is 0 Å². The van der Waals surface area contributed by atoms with Gasteiger partial charge in [-0.25, -0.2) is 0 Å². The summed E-state index contributed by atoms with van der Waals surface area (Å²) < 4.78 is 2.22. The first kappa shape index (κ1) is 12.7. The van der Waals surface area contributed by atoms with Gasteiger partial charge in [-0.2, -0.15) is 5.26 Å². The van der Waals surface area contributed by atoms with E-state index in [4.69, 9.17) is 11.0 Å². The van der Waals surface area contributed by atoms with Crippen molar-refractivity contribution in [2.75, 3.05) is 0 Å². The maximum absolute atomic E-state index is 8.58. The van der Waals surface area contributed by atoms with Gasteiger partial charge in [0.25, 0.3) is 0 Å². The highest BCUT2D eigenvalue weighted by molar-refractivity contribution is 5.80. The number of fused-ring (bicyclic) bond motifs is 1. The van der Waals surface area contributed by atoms with Crippen LogP contribution >= 0.6 is 0 Å². The molecule has 94 valence electrons. The van der Waals surface area contributed by atoms with Crippen molar-refractivity contribution in [3.63, 3.8) is 0 Å². The second-order valence-electron chi connectivity index (χ2n) is 4.85. The van der Waals surface area contributed by atoms with Crippen molar-refractivity contribution in [1.82, 2.24) is 4.57 Å². The van der Waals surface area contributed by atoms with Crippen molar-refractivity contribution < 1.29 is 0 Å². The Kier molecular flexibility index (Phi) is 4.01. The normalized spacial score (nSPS) is 12.5. The van der Waals surface area contributed by atoms with Crippen LogP contribution in [0.5, 0.6) is 0 Å². The summed E-state index contributed by atoms with van der Waals surface area (Å²) in [6.45, 7) is 2.93. The first-order chi connectivity index (χ1) is 8.70. The van der Waals surface area contributed by atoms with Crippen LogP contribution in [-0.4, -0.2) is 10.6 Å². The van der Waals surface area contributed by atoms with Gasteiger partial charge in [0.2, 0.25) is 0 Å². The number of rotatable bonds is 5. The molecule has 0 saturated heterocycles. The van der Waals surface area contributed by atoms with Crippen LogP contribution < -0.4 is 5.73 Å². The van der Waals surface area contributed by atoms with E-state index < -0.39 is 0 Å². The van der Waals surface area contributed by atoms with Crippen LogP contribution in [0.15, 0.2) is 30.5 Å². The molecule has 0 radical (unpaired) electrons. The maximum Gasteiger partial charge on any atom is 0.0622 e. The lowest BCUT2D eigenvalue weighted by Gasteiger charge is -2.08. The summed E-state index contributed by atoms with van der Waals surface area (Å²) in [5.41, 5.74) is 8.35. The zero-order chi connectivity index (χ0) is 13.0. The molecule has 1 heterocycles. The fourth-order valence-corrected chi connectivity index (χ4v) is 2.25. The van der Waals surface area contributed by atoms with Gasteiger partial charge in [-0.1, -0.05) is 12.1 Å². The predicted molar refractivity (Wildman–Crippen MR) is 74.1 cm³/mol. The van der Waals surface area contributed by atoms with Crippen LogP contribution in [-0.2, 0) is 13.0 Å². The van der Waals surface area contributed by atoms with Gasteiger partial charge in [0.1, 0.15) is 0 Å². The molecule has 2 N–H and O–H groups in total. The zero-order valence-electron chi connectivity index (χ0n) is 10.8. The van der Waals surface area contributed by atoms with Crippen molar-refractivity contribution in [1.29, 1.82) is 5.26 Å². The molecular weight excluding hydrogens is 222 g/mol. The number of aryl methyl sites for hydroxylation is 1. The summed E-state index contributed by atoms with van der Waals surface area (Å²) in [5, 5.41) is 9.83. The third-order valence-electron chi connectivity index (χ3n) is 3.08. The van der Waals surface area contributed by atoms with E-state index in [1.165, 1.54) is 16.5 Å². The number of nitrogens with two attached hydrogens (primary N) is 1. The van der Waals surface area contributed by atoms with E-state index in [1.807, 2.05) is 6.92 Å². The molecule has 1 aromatic carbocycles. The van der Waals surface area contributed by atoms with Gasteiger partial charge in [0, 0.05) is 30.7 Å². The molecule has 0 amide bonds. The molecule has 3 heteroatoms. The number of hydrogen-bond acceptors (Lipinski definition) is 2. The zero-order valence-corrected chi connectivity index (χ0v) is 10.8.